The van der Waals surface area contributed by atoms with Gasteiger partial charge >= 0.3 is 0 Å². The second kappa shape index (κ2) is 6.85. The number of hydrogen-bond donors (Lipinski definition) is 1. The Morgan fingerprint density at radius 3 is 2.46 bits per heavy atom. The summed E-state index contributed by atoms with van der Waals surface area (Å²) in [7, 11) is -2.04. The average Bonchev–Trinajstić information content (AvgIpc) is 2.77. The zero-order chi connectivity index (χ0) is 19.1. The Labute approximate surface area is 163 Å². The number of amides is 1. The molecule has 0 saturated carbocycles. The molecule has 8 heteroatoms. The number of halogens is 2. The fourth-order valence-electron chi connectivity index (χ4n) is 3.01. The molecule has 1 amide bonds. The van der Waals surface area contributed by atoms with Crippen LogP contribution in [-0.4, -0.2) is 27.9 Å². The van der Waals surface area contributed by atoms with Gasteiger partial charge in [-0.25, -0.2) is 13.1 Å². The van der Waals surface area contributed by atoms with E-state index in [1.165, 1.54) is 17.0 Å². The van der Waals surface area contributed by atoms with Gasteiger partial charge in [-0.15, -0.1) is 11.6 Å². The fraction of sp³-hybridized carbons (Fsp3) is 0.278. The molecular weight excluding hydrogens is 395 g/mol. The van der Waals surface area contributed by atoms with Crippen molar-refractivity contribution in [3.8, 4) is 0 Å². The van der Waals surface area contributed by atoms with Gasteiger partial charge in [-0.1, -0.05) is 29.3 Å². The van der Waals surface area contributed by atoms with Crippen LogP contribution in [0.1, 0.15) is 17.5 Å². The Kier molecular flexibility index (Phi) is 5.05. The third-order valence-electron chi connectivity index (χ3n) is 4.48. The minimum atomic E-state index is -3.67. The number of nitrogens with zero attached hydrogens (tertiary/aromatic N) is 1. The largest absolute Gasteiger partial charge is 0.313 e. The van der Waals surface area contributed by atoms with E-state index in [0.717, 1.165) is 5.56 Å². The Balaban J connectivity index is 1.78. The van der Waals surface area contributed by atoms with Gasteiger partial charge in [-0.05, 0) is 43.7 Å². The van der Waals surface area contributed by atoms with E-state index in [0.29, 0.717) is 16.3 Å². The summed E-state index contributed by atoms with van der Waals surface area (Å²) in [6, 6.07) is 11.6. The van der Waals surface area contributed by atoms with Crippen LogP contribution in [0.25, 0.3) is 0 Å². The van der Waals surface area contributed by atoms with Crippen LogP contribution in [0.2, 0.25) is 5.02 Å². The van der Waals surface area contributed by atoms with Crippen molar-refractivity contribution in [1.82, 2.24) is 4.72 Å². The molecule has 1 aliphatic rings. The Morgan fingerprint density at radius 1 is 1.15 bits per heavy atom. The molecule has 138 valence electrons. The van der Waals surface area contributed by atoms with E-state index in [4.69, 9.17) is 23.2 Å². The predicted octanol–water partition coefficient (Wildman–Crippen LogP) is 3.43. The summed E-state index contributed by atoms with van der Waals surface area (Å²) < 4.78 is 27.3. The molecule has 0 fully saturated rings. The van der Waals surface area contributed by atoms with Crippen molar-refractivity contribution < 1.29 is 13.2 Å². The van der Waals surface area contributed by atoms with Crippen molar-refractivity contribution in [1.29, 1.82) is 0 Å². The van der Waals surface area contributed by atoms with Gasteiger partial charge in [0.2, 0.25) is 10.0 Å². The lowest BCUT2D eigenvalue weighted by molar-refractivity contribution is -0.120. The maximum atomic E-state index is 12.6. The molecule has 26 heavy (non-hydrogen) atoms. The summed E-state index contributed by atoms with van der Waals surface area (Å²) in [4.78, 5) is 12.9. The van der Waals surface area contributed by atoms with E-state index in [-0.39, 0.29) is 23.8 Å². The molecule has 0 spiro atoms. The Morgan fingerprint density at radius 2 is 1.81 bits per heavy atom. The Bertz CT molecular complexity index is 961. The number of fused-ring (bicyclic) bond motifs is 1. The van der Waals surface area contributed by atoms with Gasteiger partial charge in [0, 0.05) is 29.9 Å². The first-order valence-electron chi connectivity index (χ1n) is 7.98. The van der Waals surface area contributed by atoms with Crippen LogP contribution in [-0.2, 0) is 19.7 Å². The second-order valence-corrected chi connectivity index (χ2v) is 9.14. The van der Waals surface area contributed by atoms with E-state index in [1.54, 1.807) is 37.4 Å². The maximum Gasteiger partial charge on any atom is 0.252 e. The number of rotatable bonds is 5. The molecule has 1 heterocycles. The van der Waals surface area contributed by atoms with E-state index in [1.807, 2.05) is 6.92 Å². The third kappa shape index (κ3) is 3.34. The number of hydrogen-bond acceptors (Lipinski definition) is 3. The molecule has 1 unspecified atom stereocenters. The van der Waals surface area contributed by atoms with Crippen molar-refractivity contribution in [3.63, 3.8) is 0 Å². The van der Waals surface area contributed by atoms with Gasteiger partial charge in [0.15, 0.2) is 4.87 Å². The van der Waals surface area contributed by atoms with E-state index >= 15 is 0 Å². The smallest absolute Gasteiger partial charge is 0.252 e. The SMILES string of the molecule is Cc1ccc(S(=O)(=O)NCCC2(Cl)C(=O)N(C)c3ccc(Cl)cc32)cc1. The molecule has 5 nitrogen and oxygen atoms in total. The standard InChI is InChI=1S/C18H18Cl2N2O3S/c1-12-3-6-14(7-4-12)26(24,25)21-10-9-18(20)15-11-13(19)5-8-16(15)22(2)17(18)23/h3-8,11,21H,9-10H2,1-2H3. The summed E-state index contributed by atoms with van der Waals surface area (Å²) in [6.07, 6.45) is 0.107. The van der Waals surface area contributed by atoms with Gasteiger partial charge in [-0.3, -0.25) is 4.79 Å². The number of anilines is 1. The number of nitrogens with one attached hydrogen (secondary N) is 1. The molecule has 1 atom stereocenters. The molecule has 0 saturated heterocycles. The van der Waals surface area contributed by atoms with Crippen LogP contribution in [0, 0.1) is 6.92 Å². The van der Waals surface area contributed by atoms with Crippen molar-refractivity contribution in [2.75, 3.05) is 18.5 Å². The van der Waals surface area contributed by atoms with Gasteiger partial charge < -0.3 is 4.90 Å². The lowest BCUT2D eigenvalue weighted by Crippen LogP contribution is -2.37. The zero-order valence-electron chi connectivity index (χ0n) is 14.3. The topological polar surface area (TPSA) is 66.5 Å². The summed E-state index contributed by atoms with van der Waals surface area (Å²) in [5.41, 5.74) is 2.24. The second-order valence-electron chi connectivity index (χ2n) is 6.29. The molecule has 2 aromatic carbocycles. The highest BCUT2D eigenvalue weighted by molar-refractivity contribution is 7.89. The molecule has 3 rings (SSSR count). The number of aryl methyl sites for hydroxylation is 1. The first kappa shape index (κ1) is 19.2. The molecule has 2 aromatic rings. The third-order valence-corrected chi connectivity index (χ3v) is 6.75. The first-order chi connectivity index (χ1) is 12.1. The van der Waals surface area contributed by atoms with Gasteiger partial charge in [0.1, 0.15) is 0 Å². The molecule has 0 bridgehead atoms. The van der Waals surface area contributed by atoms with E-state index in [9.17, 15) is 13.2 Å². The lowest BCUT2D eigenvalue weighted by Gasteiger charge is -2.21. The number of alkyl halides is 1. The minimum Gasteiger partial charge on any atom is -0.313 e. The number of carbonyl (C=O) groups excluding carboxylic acids is 1. The van der Waals surface area contributed by atoms with Crippen LogP contribution < -0.4 is 9.62 Å². The van der Waals surface area contributed by atoms with Crippen molar-refractivity contribution in [2.45, 2.75) is 23.1 Å². The average molecular weight is 413 g/mol. The number of likely N-dealkylation sites (N-methyl/N-ethyl adjacent to an activating group) is 1. The minimum absolute atomic E-state index is 0.0191. The first-order valence-corrected chi connectivity index (χ1v) is 10.2. The highest BCUT2D eigenvalue weighted by Crippen LogP contribution is 2.47. The van der Waals surface area contributed by atoms with Crippen molar-refractivity contribution >= 4 is 44.8 Å². The fourth-order valence-corrected chi connectivity index (χ4v) is 4.59. The van der Waals surface area contributed by atoms with Gasteiger partial charge in [0.05, 0.1) is 4.90 Å². The van der Waals surface area contributed by atoms with E-state index in [2.05, 4.69) is 4.72 Å². The van der Waals surface area contributed by atoms with Gasteiger partial charge in [-0.2, -0.15) is 0 Å². The summed E-state index contributed by atoms with van der Waals surface area (Å²) >= 11 is 12.7. The Hall–Kier alpha value is -1.60. The van der Waals surface area contributed by atoms with E-state index < -0.39 is 14.9 Å². The summed E-state index contributed by atoms with van der Waals surface area (Å²) in [5.74, 6) is -0.300. The predicted molar refractivity (Wildman–Crippen MR) is 103 cm³/mol. The van der Waals surface area contributed by atoms with Crippen LogP contribution in [0.4, 0.5) is 5.69 Å². The molecular formula is C18H18Cl2N2O3S. The quantitative estimate of drug-likeness (QED) is 0.764. The lowest BCUT2D eigenvalue weighted by atomic mass is 9.96. The van der Waals surface area contributed by atoms with Crippen molar-refractivity contribution in [3.05, 3.63) is 58.6 Å². The molecule has 0 aliphatic carbocycles. The zero-order valence-corrected chi connectivity index (χ0v) is 16.6. The highest BCUT2D eigenvalue weighted by atomic mass is 35.5. The molecule has 1 N–H and O–H groups in total. The number of carbonyl (C=O) groups is 1. The van der Waals surface area contributed by atoms with Crippen LogP contribution in [0.5, 0.6) is 0 Å². The van der Waals surface area contributed by atoms with Gasteiger partial charge in [0.25, 0.3) is 5.91 Å². The molecule has 0 aromatic heterocycles. The number of sulfonamides is 1. The summed E-state index contributed by atoms with van der Waals surface area (Å²) in [5, 5.41) is 0.470. The number of benzene rings is 2. The monoisotopic (exact) mass is 412 g/mol. The van der Waals surface area contributed by atoms with Crippen LogP contribution in [0.3, 0.4) is 0 Å². The molecule has 1 aliphatic heterocycles. The highest BCUT2D eigenvalue weighted by Gasteiger charge is 2.48. The van der Waals surface area contributed by atoms with Crippen LogP contribution in [0.15, 0.2) is 47.4 Å². The van der Waals surface area contributed by atoms with Crippen molar-refractivity contribution in [2.24, 2.45) is 0 Å². The normalized spacial score (nSPS) is 19.7. The maximum absolute atomic E-state index is 12.6. The summed E-state index contributed by atoms with van der Waals surface area (Å²) in [6.45, 7) is 1.90. The molecule has 0 radical (unpaired) electrons. The van der Waals surface area contributed by atoms with Crippen LogP contribution >= 0.6 is 23.2 Å².